The van der Waals surface area contributed by atoms with Gasteiger partial charge in [-0.25, -0.2) is 8.78 Å². The predicted molar refractivity (Wildman–Crippen MR) is 150 cm³/mol. The van der Waals surface area contributed by atoms with Crippen molar-refractivity contribution < 1.29 is 18.6 Å². The number of phenols is 1. The van der Waals surface area contributed by atoms with Gasteiger partial charge >= 0.3 is 6.01 Å². The van der Waals surface area contributed by atoms with Crippen molar-refractivity contribution >= 4 is 16.7 Å². The molecule has 41 heavy (non-hydrogen) atoms. The van der Waals surface area contributed by atoms with E-state index < -0.39 is 12.0 Å². The first-order chi connectivity index (χ1) is 19.9. The molecule has 4 saturated heterocycles. The summed E-state index contributed by atoms with van der Waals surface area (Å²) in [5.74, 6) is 1.30. The van der Waals surface area contributed by atoms with Gasteiger partial charge in [0.2, 0.25) is 0 Å². The number of benzene rings is 1. The lowest BCUT2D eigenvalue weighted by molar-refractivity contribution is 0.107. The topological polar surface area (TPSA) is 86.6 Å². The molecule has 1 saturated carbocycles. The summed E-state index contributed by atoms with van der Waals surface area (Å²) in [6, 6.07) is 4.33. The van der Waals surface area contributed by atoms with E-state index in [1.165, 1.54) is 0 Å². The quantitative estimate of drug-likeness (QED) is 0.483. The number of aromatic hydroxyl groups is 1. The highest BCUT2D eigenvalue weighted by Gasteiger charge is 2.50. The largest absolute Gasteiger partial charge is 0.508 e. The Kier molecular flexibility index (Phi) is 5.20. The third-order valence-electron chi connectivity index (χ3n) is 10.7. The van der Waals surface area contributed by atoms with Crippen molar-refractivity contribution in [3.63, 3.8) is 0 Å². The van der Waals surface area contributed by atoms with E-state index in [4.69, 9.17) is 9.72 Å². The molecule has 214 valence electrons. The van der Waals surface area contributed by atoms with Crippen LogP contribution >= 0.6 is 0 Å². The number of pyridine rings is 1. The maximum absolute atomic E-state index is 16.6. The van der Waals surface area contributed by atoms with Crippen LogP contribution in [0, 0.1) is 11.7 Å². The average Bonchev–Trinajstić information content (AvgIpc) is 3.16. The number of anilines is 1. The molecule has 2 unspecified atom stereocenters. The van der Waals surface area contributed by atoms with E-state index in [0.717, 1.165) is 69.3 Å². The summed E-state index contributed by atoms with van der Waals surface area (Å²) in [6.07, 6.45) is 7.41. The number of halogens is 2. The molecular weight excluding hydrogens is 526 g/mol. The molecule has 1 aromatic carbocycles. The first-order valence-corrected chi connectivity index (χ1v) is 15.2. The Hall–Kier alpha value is -3.11. The van der Waals surface area contributed by atoms with E-state index in [0.29, 0.717) is 53.7 Å². The van der Waals surface area contributed by atoms with Gasteiger partial charge in [-0.1, -0.05) is 0 Å². The fourth-order valence-electron chi connectivity index (χ4n) is 8.70. The molecule has 5 fully saturated rings. The van der Waals surface area contributed by atoms with Crippen LogP contribution in [0.5, 0.6) is 11.8 Å². The Morgan fingerprint density at radius 1 is 1.15 bits per heavy atom. The van der Waals surface area contributed by atoms with Gasteiger partial charge in [0.05, 0.1) is 10.9 Å². The van der Waals surface area contributed by atoms with Crippen molar-refractivity contribution in [3.05, 3.63) is 35.3 Å². The smallest absolute Gasteiger partial charge is 0.319 e. The summed E-state index contributed by atoms with van der Waals surface area (Å²) < 4.78 is 37.3. The van der Waals surface area contributed by atoms with Gasteiger partial charge in [0.1, 0.15) is 35.6 Å². The molecule has 6 aliphatic rings. The van der Waals surface area contributed by atoms with Crippen LogP contribution in [0.15, 0.2) is 18.3 Å². The Balaban J connectivity index is 1.15. The van der Waals surface area contributed by atoms with Gasteiger partial charge in [0.25, 0.3) is 0 Å². The molecule has 3 aromatic rings. The van der Waals surface area contributed by atoms with E-state index >= 15 is 4.39 Å². The summed E-state index contributed by atoms with van der Waals surface area (Å²) in [5, 5.41) is 14.7. The van der Waals surface area contributed by atoms with Crippen LogP contribution in [0.2, 0.25) is 0 Å². The number of hydrogen-bond acceptors (Lipinski definition) is 8. The second-order valence-corrected chi connectivity index (χ2v) is 13.3. The number of alkyl halides is 1. The van der Waals surface area contributed by atoms with Gasteiger partial charge in [-0.3, -0.25) is 9.88 Å². The SMILES string of the molecule is Oc1cc(-c2ncc3c(N4C[C@H]5CC[C@@H](C4)N5)nc(OC[C@@]45CCCN4C[C@H](F)C5)nc3c2F)c2c(c1)C1CC1C2. The van der Waals surface area contributed by atoms with Gasteiger partial charge in [0, 0.05) is 49.9 Å². The van der Waals surface area contributed by atoms with Crippen LogP contribution in [0.25, 0.3) is 22.2 Å². The Bertz CT molecular complexity index is 1570. The van der Waals surface area contributed by atoms with Crippen LogP contribution in [0.4, 0.5) is 14.6 Å². The van der Waals surface area contributed by atoms with Crippen LogP contribution in [-0.4, -0.2) is 81.5 Å². The third-order valence-corrected chi connectivity index (χ3v) is 10.7. The number of hydrogen-bond donors (Lipinski definition) is 2. The highest BCUT2D eigenvalue weighted by Crippen LogP contribution is 2.58. The van der Waals surface area contributed by atoms with Crippen molar-refractivity contribution in [2.45, 2.75) is 74.7 Å². The Morgan fingerprint density at radius 2 is 2.00 bits per heavy atom. The number of ether oxygens (including phenoxy) is 1. The molecule has 0 spiro atoms. The minimum Gasteiger partial charge on any atom is -0.508 e. The minimum absolute atomic E-state index is 0.125. The Labute approximate surface area is 237 Å². The van der Waals surface area contributed by atoms with Crippen LogP contribution in [0.3, 0.4) is 0 Å². The van der Waals surface area contributed by atoms with Gasteiger partial charge < -0.3 is 20.1 Å². The molecule has 9 rings (SSSR count). The zero-order valence-electron chi connectivity index (χ0n) is 23.0. The first-order valence-electron chi connectivity index (χ1n) is 15.2. The fraction of sp³-hybridized carbons (Fsp3) is 0.581. The monoisotopic (exact) mass is 560 g/mol. The lowest BCUT2D eigenvalue weighted by atomic mass is 9.95. The summed E-state index contributed by atoms with van der Waals surface area (Å²) >= 11 is 0. The molecule has 4 aliphatic heterocycles. The molecule has 0 amide bonds. The minimum atomic E-state index is -0.857. The van der Waals surface area contributed by atoms with Crippen molar-refractivity contribution in [2.24, 2.45) is 5.92 Å². The summed E-state index contributed by atoms with van der Waals surface area (Å²) in [7, 11) is 0. The Morgan fingerprint density at radius 3 is 2.85 bits per heavy atom. The highest BCUT2D eigenvalue weighted by atomic mass is 19.1. The van der Waals surface area contributed by atoms with Crippen molar-refractivity contribution in [1.82, 2.24) is 25.2 Å². The van der Waals surface area contributed by atoms with Crippen LogP contribution in [0.1, 0.15) is 55.6 Å². The van der Waals surface area contributed by atoms with Gasteiger partial charge in [0.15, 0.2) is 5.82 Å². The zero-order chi connectivity index (χ0) is 27.5. The molecular formula is C31H34F2N6O2. The molecule has 2 aromatic heterocycles. The normalized spacial score (nSPS) is 33.3. The second kappa shape index (κ2) is 8.70. The standard InChI is InChI=1S/C31H34F2N6O2/c32-17-10-31(4-1-5-39(31)12-17)15-41-30-36-28-25(29(37-30)38-13-18-2-3-19(14-38)35-18)11-34-27(26(28)33)24-9-20(40)8-23-21-6-16(21)7-22(23)24/h8-9,11,16-19,21,35,40H,1-7,10,12-15H2/t16?,17-,18-,19+,21?,31+/m1/s1. The number of aromatic nitrogens is 3. The maximum Gasteiger partial charge on any atom is 0.319 e. The van der Waals surface area contributed by atoms with E-state index in [1.807, 2.05) is 6.07 Å². The van der Waals surface area contributed by atoms with E-state index in [-0.39, 0.29) is 35.1 Å². The first kappa shape index (κ1) is 24.5. The number of rotatable bonds is 5. The number of nitrogens with one attached hydrogen (secondary N) is 1. The fourth-order valence-corrected chi connectivity index (χ4v) is 8.70. The lowest BCUT2D eigenvalue weighted by Crippen LogP contribution is -2.51. The van der Waals surface area contributed by atoms with E-state index in [1.54, 1.807) is 12.3 Å². The average molecular weight is 561 g/mol. The highest BCUT2D eigenvalue weighted by molar-refractivity contribution is 5.92. The number of piperazine rings is 1. The third kappa shape index (κ3) is 3.79. The molecule has 0 radical (unpaired) electrons. The molecule has 2 aliphatic carbocycles. The van der Waals surface area contributed by atoms with Crippen molar-refractivity contribution in [3.8, 4) is 23.0 Å². The number of nitrogens with zero attached hydrogens (tertiary/aromatic N) is 5. The van der Waals surface area contributed by atoms with Gasteiger partial charge in [-0.15, -0.1) is 0 Å². The molecule has 6 heterocycles. The van der Waals surface area contributed by atoms with E-state index in [9.17, 15) is 9.50 Å². The predicted octanol–water partition coefficient (Wildman–Crippen LogP) is 4.09. The van der Waals surface area contributed by atoms with Crippen molar-refractivity contribution in [1.29, 1.82) is 0 Å². The molecule has 6 atom stereocenters. The van der Waals surface area contributed by atoms with Gasteiger partial charge in [-0.2, -0.15) is 9.97 Å². The van der Waals surface area contributed by atoms with Crippen molar-refractivity contribution in [2.75, 3.05) is 37.7 Å². The maximum atomic E-state index is 16.6. The number of phenolic OH excluding ortho intramolecular Hbond substituents is 1. The molecule has 2 N–H and O–H groups in total. The molecule has 10 heteroatoms. The zero-order valence-corrected chi connectivity index (χ0v) is 23.0. The number of fused-ring (bicyclic) bond motifs is 7. The van der Waals surface area contributed by atoms with Gasteiger partial charge in [-0.05, 0) is 80.2 Å². The molecule has 2 bridgehead atoms. The van der Waals surface area contributed by atoms with Crippen LogP contribution in [-0.2, 0) is 6.42 Å². The molecule has 8 nitrogen and oxygen atoms in total. The lowest BCUT2D eigenvalue weighted by Gasteiger charge is -2.34. The van der Waals surface area contributed by atoms with E-state index in [2.05, 4.69) is 25.1 Å². The summed E-state index contributed by atoms with van der Waals surface area (Å²) in [6.45, 7) is 3.14. The summed E-state index contributed by atoms with van der Waals surface area (Å²) in [4.78, 5) is 18.5. The van der Waals surface area contributed by atoms with Crippen LogP contribution < -0.4 is 15.0 Å². The second-order valence-electron chi connectivity index (χ2n) is 13.3. The summed E-state index contributed by atoms with van der Waals surface area (Å²) in [5.41, 5.74) is 2.89.